The van der Waals surface area contributed by atoms with E-state index in [1.165, 1.54) is 0 Å². The summed E-state index contributed by atoms with van der Waals surface area (Å²) in [6.45, 7) is 1.65. The molecule has 2 fully saturated rings. The van der Waals surface area contributed by atoms with Crippen molar-refractivity contribution in [3.05, 3.63) is 29.3 Å². The highest BCUT2D eigenvalue weighted by Gasteiger charge is 2.56. The van der Waals surface area contributed by atoms with Crippen molar-refractivity contribution in [3.8, 4) is 0 Å². The van der Waals surface area contributed by atoms with Crippen LogP contribution in [0.1, 0.15) is 25.7 Å². The van der Waals surface area contributed by atoms with Crippen LogP contribution in [0.5, 0.6) is 0 Å². The average Bonchev–Trinajstić information content (AvgIpc) is 3.36. The summed E-state index contributed by atoms with van der Waals surface area (Å²) >= 11 is 6.27. The molecule has 1 heterocycles. The fourth-order valence-electron chi connectivity index (χ4n) is 3.27. The van der Waals surface area contributed by atoms with E-state index >= 15 is 0 Å². The Bertz CT molecular complexity index is 616. The van der Waals surface area contributed by atoms with Crippen LogP contribution in [0.2, 0.25) is 5.02 Å². The number of anilines is 1. The number of para-hydroxylation sites is 1. The summed E-state index contributed by atoms with van der Waals surface area (Å²) in [5, 5.41) is 6.40. The maximum atomic E-state index is 12.5. The zero-order valence-corrected chi connectivity index (χ0v) is 14.0. The molecular weight excluding hydrogens is 314 g/mol. The van der Waals surface area contributed by atoms with Crippen molar-refractivity contribution < 1.29 is 9.59 Å². The molecule has 124 valence electrons. The van der Waals surface area contributed by atoms with Crippen LogP contribution in [-0.2, 0) is 9.59 Å². The Labute approximate surface area is 141 Å². The van der Waals surface area contributed by atoms with E-state index in [1.54, 1.807) is 7.05 Å². The molecule has 5 nitrogen and oxygen atoms in total. The number of piperidine rings is 1. The van der Waals surface area contributed by atoms with E-state index in [4.69, 9.17) is 11.6 Å². The third-order valence-corrected chi connectivity index (χ3v) is 5.12. The van der Waals surface area contributed by atoms with E-state index < -0.39 is 5.41 Å². The highest BCUT2D eigenvalue weighted by molar-refractivity contribution is 6.33. The number of rotatable bonds is 4. The van der Waals surface area contributed by atoms with E-state index in [0.29, 0.717) is 12.8 Å². The predicted molar refractivity (Wildman–Crippen MR) is 90.6 cm³/mol. The van der Waals surface area contributed by atoms with Crippen LogP contribution >= 0.6 is 11.6 Å². The summed E-state index contributed by atoms with van der Waals surface area (Å²) in [7, 11) is 1.58. The van der Waals surface area contributed by atoms with E-state index in [-0.39, 0.29) is 17.9 Å². The third kappa shape index (κ3) is 3.15. The minimum absolute atomic E-state index is 0.0506. The monoisotopic (exact) mass is 335 g/mol. The lowest BCUT2D eigenvalue weighted by Gasteiger charge is -2.35. The van der Waals surface area contributed by atoms with Crippen molar-refractivity contribution in [2.75, 3.05) is 25.0 Å². The van der Waals surface area contributed by atoms with Gasteiger partial charge in [0.25, 0.3) is 0 Å². The van der Waals surface area contributed by atoms with Gasteiger partial charge < -0.3 is 15.5 Å². The van der Waals surface area contributed by atoms with Gasteiger partial charge in [-0.3, -0.25) is 9.59 Å². The predicted octanol–water partition coefficient (Wildman–Crippen LogP) is 1.95. The van der Waals surface area contributed by atoms with Crippen LogP contribution in [0.15, 0.2) is 24.3 Å². The number of halogens is 1. The number of hydrogen-bond acceptors (Lipinski definition) is 3. The maximum Gasteiger partial charge on any atom is 0.235 e. The van der Waals surface area contributed by atoms with E-state index in [2.05, 4.69) is 15.5 Å². The molecule has 6 heteroatoms. The fraction of sp³-hybridized carbons (Fsp3) is 0.529. The zero-order valence-electron chi connectivity index (χ0n) is 13.3. The second-order valence-corrected chi connectivity index (χ2v) is 6.78. The van der Waals surface area contributed by atoms with Gasteiger partial charge in [0.2, 0.25) is 11.8 Å². The molecule has 1 aliphatic heterocycles. The largest absolute Gasteiger partial charge is 0.368 e. The Morgan fingerprint density at radius 2 is 2.00 bits per heavy atom. The first-order valence-corrected chi connectivity index (χ1v) is 8.47. The van der Waals surface area contributed by atoms with Gasteiger partial charge in [0.15, 0.2) is 0 Å². The number of hydrogen-bond donors (Lipinski definition) is 2. The Balaban J connectivity index is 1.65. The van der Waals surface area contributed by atoms with Crippen molar-refractivity contribution in [1.82, 2.24) is 10.6 Å². The van der Waals surface area contributed by atoms with E-state index in [1.807, 2.05) is 24.3 Å². The molecule has 1 saturated heterocycles. The van der Waals surface area contributed by atoms with Crippen LogP contribution in [0.4, 0.5) is 5.69 Å². The number of carbonyl (C=O) groups excluding carboxylic acids is 2. The summed E-state index contributed by atoms with van der Waals surface area (Å²) in [4.78, 5) is 26.6. The van der Waals surface area contributed by atoms with Crippen LogP contribution in [-0.4, -0.2) is 38.0 Å². The van der Waals surface area contributed by atoms with Crippen LogP contribution < -0.4 is 15.5 Å². The minimum atomic E-state index is -0.832. The molecule has 23 heavy (non-hydrogen) atoms. The molecule has 2 N–H and O–H groups in total. The summed E-state index contributed by atoms with van der Waals surface area (Å²) in [5.74, 6) is -0.309. The standard InChI is InChI=1S/C17H22ClN3O2/c1-19-15(22)17(8-9-17)16(23)20-12-5-4-10-21(11-12)14-7-3-2-6-13(14)18/h2-3,6-7,12H,4-5,8-11H2,1H3,(H,19,22)(H,20,23). The van der Waals surface area contributed by atoms with Crippen LogP contribution in [0.3, 0.4) is 0 Å². The molecule has 1 saturated carbocycles. The number of nitrogens with zero attached hydrogens (tertiary/aromatic N) is 1. The summed E-state index contributed by atoms with van der Waals surface area (Å²) in [6, 6.07) is 7.81. The molecule has 0 bridgehead atoms. The van der Waals surface area contributed by atoms with E-state index in [9.17, 15) is 9.59 Å². The Morgan fingerprint density at radius 3 is 2.65 bits per heavy atom. The molecule has 1 aliphatic carbocycles. The quantitative estimate of drug-likeness (QED) is 0.827. The fourth-order valence-corrected chi connectivity index (χ4v) is 3.52. The Hall–Kier alpha value is -1.75. The lowest BCUT2D eigenvalue weighted by atomic mass is 10.0. The lowest BCUT2D eigenvalue weighted by Crippen LogP contribution is -2.52. The highest BCUT2D eigenvalue weighted by Crippen LogP contribution is 2.46. The van der Waals surface area contributed by atoms with Gasteiger partial charge in [-0.15, -0.1) is 0 Å². The van der Waals surface area contributed by atoms with Gasteiger partial charge in [0.05, 0.1) is 10.7 Å². The van der Waals surface area contributed by atoms with E-state index in [0.717, 1.165) is 36.6 Å². The average molecular weight is 336 g/mol. The molecule has 3 rings (SSSR count). The summed E-state index contributed by atoms with van der Waals surface area (Å²) < 4.78 is 0. The number of amides is 2. The van der Waals surface area contributed by atoms with Crippen molar-refractivity contribution in [2.45, 2.75) is 31.7 Å². The number of benzene rings is 1. The molecule has 2 aliphatic rings. The summed E-state index contributed by atoms with van der Waals surface area (Å²) in [5.41, 5.74) is 0.169. The molecule has 0 spiro atoms. The Morgan fingerprint density at radius 1 is 1.26 bits per heavy atom. The first-order chi connectivity index (χ1) is 11.1. The lowest BCUT2D eigenvalue weighted by molar-refractivity contribution is -0.137. The SMILES string of the molecule is CNC(=O)C1(C(=O)NC2CCCN(c3ccccc3Cl)C2)CC1. The second-order valence-electron chi connectivity index (χ2n) is 6.37. The van der Waals surface area contributed by atoms with Crippen LogP contribution in [0, 0.1) is 5.41 Å². The first-order valence-electron chi connectivity index (χ1n) is 8.09. The number of carbonyl (C=O) groups is 2. The zero-order chi connectivity index (χ0) is 16.4. The maximum absolute atomic E-state index is 12.5. The molecule has 0 aromatic heterocycles. The van der Waals surface area contributed by atoms with Gasteiger partial charge in [-0.05, 0) is 37.8 Å². The van der Waals surface area contributed by atoms with Crippen LogP contribution in [0.25, 0.3) is 0 Å². The molecule has 1 unspecified atom stereocenters. The minimum Gasteiger partial charge on any atom is -0.368 e. The molecule has 1 atom stereocenters. The van der Waals surface area contributed by atoms with Crippen molar-refractivity contribution in [1.29, 1.82) is 0 Å². The van der Waals surface area contributed by atoms with Crippen molar-refractivity contribution in [3.63, 3.8) is 0 Å². The molecule has 1 aromatic rings. The van der Waals surface area contributed by atoms with Gasteiger partial charge >= 0.3 is 0 Å². The van der Waals surface area contributed by atoms with Gasteiger partial charge in [-0.2, -0.15) is 0 Å². The number of nitrogens with one attached hydrogen (secondary N) is 2. The molecular formula is C17H22ClN3O2. The Kier molecular flexibility index (Phi) is 4.48. The normalized spacial score (nSPS) is 22.3. The third-order valence-electron chi connectivity index (χ3n) is 4.80. The van der Waals surface area contributed by atoms with Gasteiger partial charge in [0.1, 0.15) is 5.41 Å². The smallest absolute Gasteiger partial charge is 0.235 e. The van der Waals surface area contributed by atoms with Crippen molar-refractivity contribution >= 4 is 29.1 Å². The second kappa shape index (κ2) is 6.40. The van der Waals surface area contributed by atoms with Gasteiger partial charge in [0, 0.05) is 26.2 Å². The topological polar surface area (TPSA) is 61.4 Å². The molecule has 0 radical (unpaired) electrons. The van der Waals surface area contributed by atoms with Gasteiger partial charge in [-0.25, -0.2) is 0 Å². The summed E-state index contributed by atoms with van der Waals surface area (Å²) in [6.07, 6.45) is 3.19. The first kappa shape index (κ1) is 16.1. The molecule has 2 amide bonds. The van der Waals surface area contributed by atoms with Crippen molar-refractivity contribution in [2.24, 2.45) is 5.41 Å². The van der Waals surface area contributed by atoms with Gasteiger partial charge in [-0.1, -0.05) is 23.7 Å². The molecule has 1 aromatic carbocycles. The highest BCUT2D eigenvalue weighted by atomic mass is 35.5.